The predicted octanol–water partition coefficient (Wildman–Crippen LogP) is 2.25. The summed E-state index contributed by atoms with van der Waals surface area (Å²) in [5, 5.41) is 3.57. The predicted molar refractivity (Wildman–Crippen MR) is 83.8 cm³/mol. The van der Waals surface area contributed by atoms with Crippen molar-refractivity contribution in [1.29, 1.82) is 0 Å². The minimum Gasteiger partial charge on any atom is -0.313 e. The Labute approximate surface area is 123 Å². The molecule has 1 aromatic rings. The fraction of sp³-hybridized carbons (Fsp3) is 0.647. The van der Waals surface area contributed by atoms with Crippen LogP contribution in [0.4, 0.5) is 0 Å². The smallest absolute Gasteiger partial charge is 0.0364 e. The zero-order valence-corrected chi connectivity index (χ0v) is 12.8. The second kappa shape index (κ2) is 6.25. The van der Waals surface area contributed by atoms with Crippen molar-refractivity contribution >= 4 is 0 Å². The van der Waals surface area contributed by atoms with Crippen LogP contribution in [0.2, 0.25) is 0 Å². The molecule has 0 saturated carbocycles. The molecule has 1 saturated heterocycles. The molecule has 0 amide bonds. The lowest BCUT2D eigenvalue weighted by molar-refractivity contribution is 0.0925. The molecule has 1 fully saturated rings. The van der Waals surface area contributed by atoms with Gasteiger partial charge in [-0.15, -0.1) is 0 Å². The Hall–Kier alpha value is -0.900. The summed E-state index contributed by atoms with van der Waals surface area (Å²) < 4.78 is 0. The summed E-state index contributed by atoms with van der Waals surface area (Å²) in [7, 11) is 4.44. The van der Waals surface area contributed by atoms with E-state index in [-0.39, 0.29) is 0 Å². The minimum atomic E-state index is 0.601. The highest BCUT2D eigenvalue weighted by atomic mass is 15.2. The highest BCUT2D eigenvalue weighted by molar-refractivity contribution is 5.31. The molecule has 2 aliphatic rings. The van der Waals surface area contributed by atoms with E-state index in [1.165, 1.54) is 37.9 Å². The van der Waals surface area contributed by atoms with Crippen LogP contribution in [0.5, 0.6) is 0 Å². The Bertz CT molecular complexity index is 444. The van der Waals surface area contributed by atoms with Gasteiger partial charge in [0.15, 0.2) is 0 Å². The van der Waals surface area contributed by atoms with Crippen LogP contribution in [0.15, 0.2) is 24.3 Å². The molecule has 3 nitrogen and oxygen atoms in total. The van der Waals surface area contributed by atoms with Gasteiger partial charge in [-0.05, 0) is 57.6 Å². The van der Waals surface area contributed by atoms with E-state index in [4.69, 9.17) is 0 Å². The molecule has 3 heteroatoms. The van der Waals surface area contributed by atoms with E-state index in [0.717, 1.165) is 13.1 Å². The molecule has 0 bridgehead atoms. The first-order valence-electron chi connectivity index (χ1n) is 7.94. The number of piperidine rings is 1. The number of likely N-dealkylation sites (N-methyl/N-ethyl adjacent to an activating group) is 1. The maximum Gasteiger partial charge on any atom is 0.0364 e. The van der Waals surface area contributed by atoms with Gasteiger partial charge >= 0.3 is 0 Å². The monoisotopic (exact) mass is 273 g/mol. The number of rotatable bonds is 2. The Morgan fingerprint density at radius 3 is 2.90 bits per heavy atom. The fourth-order valence-corrected chi connectivity index (χ4v) is 3.70. The summed E-state index contributed by atoms with van der Waals surface area (Å²) >= 11 is 0. The number of benzene rings is 1. The van der Waals surface area contributed by atoms with Crippen molar-refractivity contribution in [3.05, 3.63) is 35.4 Å². The highest BCUT2D eigenvalue weighted by Gasteiger charge is 2.29. The lowest BCUT2D eigenvalue weighted by Gasteiger charge is -2.40. The van der Waals surface area contributed by atoms with Crippen LogP contribution in [-0.4, -0.2) is 49.6 Å². The number of fused-ring (bicyclic) bond motifs is 1. The standard InChI is InChI=1S/C17H27N3/c1-19(2)15-7-5-11-20(13-15)17-9-10-18-12-14-6-3-4-8-16(14)17/h3-4,6,8,15,17-18H,5,7,9-13H2,1-2H3. The van der Waals surface area contributed by atoms with Gasteiger partial charge in [0, 0.05) is 25.2 Å². The molecule has 1 aromatic carbocycles. The molecule has 2 heterocycles. The van der Waals surface area contributed by atoms with Crippen molar-refractivity contribution in [2.75, 3.05) is 33.7 Å². The molecule has 0 aromatic heterocycles. The molecule has 0 radical (unpaired) electrons. The topological polar surface area (TPSA) is 18.5 Å². The molecule has 2 atom stereocenters. The maximum atomic E-state index is 3.57. The molecule has 110 valence electrons. The van der Waals surface area contributed by atoms with Crippen LogP contribution in [0.1, 0.15) is 36.4 Å². The van der Waals surface area contributed by atoms with Crippen molar-refractivity contribution in [2.24, 2.45) is 0 Å². The van der Waals surface area contributed by atoms with Crippen molar-refractivity contribution < 1.29 is 0 Å². The first-order valence-corrected chi connectivity index (χ1v) is 7.94. The van der Waals surface area contributed by atoms with Crippen molar-refractivity contribution in [1.82, 2.24) is 15.1 Å². The summed E-state index contributed by atoms with van der Waals surface area (Å²) in [6.45, 7) is 4.62. The Kier molecular flexibility index (Phi) is 4.39. The largest absolute Gasteiger partial charge is 0.313 e. The van der Waals surface area contributed by atoms with E-state index >= 15 is 0 Å². The van der Waals surface area contributed by atoms with E-state index in [1.807, 2.05) is 0 Å². The van der Waals surface area contributed by atoms with Gasteiger partial charge in [-0.25, -0.2) is 0 Å². The van der Waals surface area contributed by atoms with Crippen LogP contribution < -0.4 is 5.32 Å². The lowest BCUT2D eigenvalue weighted by Crippen LogP contribution is -2.46. The van der Waals surface area contributed by atoms with Crippen molar-refractivity contribution in [3.8, 4) is 0 Å². The fourth-order valence-electron chi connectivity index (χ4n) is 3.70. The normalized spacial score (nSPS) is 28.1. The number of hydrogen-bond acceptors (Lipinski definition) is 3. The number of likely N-dealkylation sites (tertiary alicyclic amines) is 1. The molecule has 0 spiro atoms. The van der Waals surface area contributed by atoms with Crippen LogP contribution in [0.25, 0.3) is 0 Å². The quantitative estimate of drug-likeness (QED) is 0.891. The van der Waals surface area contributed by atoms with Gasteiger partial charge in [-0.1, -0.05) is 24.3 Å². The molecule has 20 heavy (non-hydrogen) atoms. The molecule has 3 rings (SSSR count). The Morgan fingerprint density at radius 1 is 1.20 bits per heavy atom. The highest BCUT2D eigenvalue weighted by Crippen LogP contribution is 2.31. The average molecular weight is 273 g/mol. The Balaban J connectivity index is 1.82. The summed E-state index contributed by atoms with van der Waals surface area (Å²) in [6, 6.07) is 10.3. The third-order valence-electron chi connectivity index (χ3n) is 4.92. The second-order valence-electron chi connectivity index (χ2n) is 6.43. The van der Waals surface area contributed by atoms with E-state index in [2.05, 4.69) is 53.5 Å². The molecule has 2 aliphatic heterocycles. The van der Waals surface area contributed by atoms with E-state index in [9.17, 15) is 0 Å². The van der Waals surface area contributed by atoms with Gasteiger partial charge in [0.1, 0.15) is 0 Å². The second-order valence-corrected chi connectivity index (χ2v) is 6.43. The summed E-state index contributed by atoms with van der Waals surface area (Å²) in [5.74, 6) is 0. The zero-order valence-electron chi connectivity index (χ0n) is 12.8. The van der Waals surface area contributed by atoms with Crippen molar-refractivity contribution in [3.63, 3.8) is 0 Å². The third kappa shape index (κ3) is 2.90. The number of hydrogen-bond donors (Lipinski definition) is 1. The van der Waals surface area contributed by atoms with E-state index < -0.39 is 0 Å². The van der Waals surface area contributed by atoms with Gasteiger partial charge in [-0.3, -0.25) is 4.90 Å². The van der Waals surface area contributed by atoms with Crippen molar-refractivity contribution in [2.45, 2.75) is 37.9 Å². The van der Waals surface area contributed by atoms with Gasteiger partial charge in [0.05, 0.1) is 0 Å². The van der Waals surface area contributed by atoms with Crippen LogP contribution in [0.3, 0.4) is 0 Å². The van der Waals surface area contributed by atoms with Crippen LogP contribution in [0, 0.1) is 0 Å². The zero-order chi connectivity index (χ0) is 13.9. The minimum absolute atomic E-state index is 0.601. The van der Waals surface area contributed by atoms with Gasteiger partial charge in [0.25, 0.3) is 0 Å². The number of nitrogens with one attached hydrogen (secondary N) is 1. The lowest BCUT2D eigenvalue weighted by atomic mass is 9.94. The molecule has 0 aliphatic carbocycles. The molecular weight excluding hydrogens is 246 g/mol. The average Bonchev–Trinajstić information content (AvgIpc) is 2.69. The maximum absolute atomic E-state index is 3.57. The molecular formula is C17H27N3. The first-order chi connectivity index (χ1) is 9.75. The van der Waals surface area contributed by atoms with Crippen LogP contribution >= 0.6 is 0 Å². The molecule has 2 unspecified atom stereocenters. The summed E-state index contributed by atoms with van der Waals surface area (Å²) in [5.41, 5.74) is 3.04. The van der Waals surface area contributed by atoms with Gasteiger partial charge in [-0.2, -0.15) is 0 Å². The Morgan fingerprint density at radius 2 is 2.05 bits per heavy atom. The third-order valence-corrected chi connectivity index (χ3v) is 4.92. The number of nitrogens with zero attached hydrogens (tertiary/aromatic N) is 2. The van der Waals surface area contributed by atoms with E-state index in [1.54, 1.807) is 5.56 Å². The van der Waals surface area contributed by atoms with Gasteiger partial charge in [0.2, 0.25) is 0 Å². The van der Waals surface area contributed by atoms with Gasteiger partial charge < -0.3 is 10.2 Å². The van der Waals surface area contributed by atoms with E-state index in [0.29, 0.717) is 12.1 Å². The van der Waals surface area contributed by atoms with Crippen LogP contribution in [-0.2, 0) is 6.54 Å². The first kappa shape index (κ1) is 14.1. The summed E-state index contributed by atoms with van der Waals surface area (Å²) in [4.78, 5) is 5.12. The molecule has 1 N–H and O–H groups in total. The summed E-state index contributed by atoms with van der Waals surface area (Å²) in [6.07, 6.45) is 3.90. The SMILES string of the molecule is CN(C)C1CCCN(C2CCNCc3ccccc32)C1.